The van der Waals surface area contributed by atoms with Gasteiger partial charge in [0.05, 0.1) is 13.1 Å². The Balaban J connectivity index is 1.81. The summed E-state index contributed by atoms with van der Waals surface area (Å²) >= 11 is 0. The monoisotopic (exact) mass is 376 g/mol. The lowest BCUT2D eigenvalue weighted by Gasteiger charge is -2.22. The third-order valence-corrected chi connectivity index (χ3v) is 5.11. The highest BCUT2D eigenvalue weighted by Crippen LogP contribution is 2.17. The molecule has 150 valence electrons. The molecule has 0 spiro atoms. The van der Waals surface area contributed by atoms with Gasteiger partial charge in [0.1, 0.15) is 13.1 Å². The summed E-state index contributed by atoms with van der Waals surface area (Å²) in [5, 5.41) is 6.09. The maximum atomic E-state index is 12.5. The van der Waals surface area contributed by atoms with Gasteiger partial charge in [0.2, 0.25) is 0 Å². The second kappa shape index (κ2) is 9.33. The topological polar surface area (TPSA) is 67.1 Å². The van der Waals surface area contributed by atoms with Crippen LogP contribution in [-0.2, 0) is 9.59 Å². The molecule has 0 aliphatic carbocycles. The molecule has 1 aliphatic heterocycles. The number of anilines is 1. The normalized spacial score (nSPS) is 20.6. The minimum atomic E-state index is -0.189. The maximum absolute atomic E-state index is 12.5. The van der Waals surface area contributed by atoms with E-state index in [-0.39, 0.29) is 17.4 Å². The lowest BCUT2D eigenvalue weighted by Crippen LogP contribution is -3.18. The van der Waals surface area contributed by atoms with Crippen molar-refractivity contribution in [3.63, 3.8) is 0 Å². The second-order valence-electron chi connectivity index (χ2n) is 8.80. The first-order valence-electron chi connectivity index (χ1n) is 9.98. The van der Waals surface area contributed by atoms with Gasteiger partial charge in [-0.25, -0.2) is 0 Å². The Labute approximate surface area is 163 Å². The Hall–Kier alpha value is -1.92. The molecule has 0 bridgehead atoms. The lowest BCUT2D eigenvalue weighted by molar-refractivity contribution is -0.930. The second-order valence-corrected chi connectivity index (χ2v) is 8.80. The van der Waals surface area contributed by atoms with Crippen molar-refractivity contribution < 1.29 is 19.4 Å². The van der Waals surface area contributed by atoms with E-state index in [0.717, 1.165) is 43.9 Å². The van der Waals surface area contributed by atoms with Crippen molar-refractivity contribution in [2.45, 2.75) is 46.6 Å². The Morgan fingerprint density at radius 2 is 1.56 bits per heavy atom. The van der Waals surface area contributed by atoms with E-state index in [4.69, 9.17) is 0 Å². The van der Waals surface area contributed by atoms with Crippen molar-refractivity contribution in [1.29, 1.82) is 0 Å². The predicted molar refractivity (Wildman–Crippen MR) is 108 cm³/mol. The smallest absolute Gasteiger partial charge is 0.279 e. The minimum Gasteiger partial charge on any atom is -0.347 e. The summed E-state index contributed by atoms with van der Waals surface area (Å²) in [5.41, 5.74) is 3.02. The van der Waals surface area contributed by atoms with Crippen LogP contribution in [0.15, 0.2) is 18.2 Å². The van der Waals surface area contributed by atoms with Crippen molar-refractivity contribution in [3.05, 3.63) is 29.3 Å². The summed E-state index contributed by atoms with van der Waals surface area (Å²) in [4.78, 5) is 27.2. The number of rotatable bonds is 5. The average Bonchev–Trinajstić information content (AvgIpc) is 2.75. The SMILES string of the molecule is Cc1cccc(NC(=O)C[NH+]2CCC[NH+](CC(=O)NC(C)(C)C)CC2)c1C. The van der Waals surface area contributed by atoms with Crippen molar-refractivity contribution in [2.75, 3.05) is 44.6 Å². The van der Waals surface area contributed by atoms with Gasteiger partial charge in [-0.2, -0.15) is 0 Å². The highest BCUT2D eigenvalue weighted by Gasteiger charge is 2.25. The third-order valence-electron chi connectivity index (χ3n) is 5.11. The van der Waals surface area contributed by atoms with E-state index >= 15 is 0 Å². The fourth-order valence-corrected chi connectivity index (χ4v) is 3.54. The molecule has 27 heavy (non-hydrogen) atoms. The zero-order valence-electron chi connectivity index (χ0n) is 17.5. The predicted octanol–water partition coefficient (Wildman–Crippen LogP) is -0.670. The summed E-state index contributed by atoms with van der Waals surface area (Å²) in [6.07, 6.45) is 1.03. The van der Waals surface area contributed by atoms with Gasteiger partial charge in [0.25, 0.3) is 11.8 Å². The first-order chi connectivity index (χ1) is 12.6. The molecule has 2 atom stereocenters. The highest BCUT2D eigenvalue weighted by molar-refractivity contribution is 5.92. The molecule has 2 amide bonds. The molecule has 1 aromatic rings. The molecule has 2 unspecified atom stereocenters. The average molecular weight is 377 g/mol. The molecule has 6 nitrogen and oxygen atoms in total. The highest BCUT2D eigenvalue weighted by atomic mass is 16.2. The van der Waals surface area contributed by atoms with E-state index in [1.54, 1.807) is 0 Å². The molecular formula is C21H36N4O2+2. The molecule has 0 aromatic heterocycles. The zero-order chi connectivity index (χ0) is 20.0. The van der Waals surface area contributed by atoms with Crippen LogP contribution >= 0.6 is 0 Å². The van der Waals surface area contributed by atoms with Crippen LogP contribution in [0.25, 0.3) is 0 Å². The van der Waals surface area contributed by atoms with Gasteiger partial charge >= 0.3 is 0 Å². The number of hydrogen-bond acceptors (Lipinski definition) is 2. The number of hydrogen-bond donors (Lipinski definition) is 4. The molecule has 4 N–H and O–H groups in total. The molecular weight excluding hydrogens is 340 g/mol. The number of benzene rings is 1. The molecule has 0 saturated carbocycles. The molecule has 1 saturated heterocycles. The van der Waals surface area contributed by atoms with Crippen LogP contribution in [0.3, 0.4) is 0 Å². The van der Waals surface area contributed by atoms with E-state index < -0.39 is 0 Å². The Morgan fingerprint density at radius 1 is 0.963 bits per heavy atom. The molecule has 1 heterocycles. The third kappa shape index (κ3) is 7.31. The fraction of sp³-hybridized carbons (Fsp3) is 0.619. The van der Waals surface area contributed by atoms with Crippen LogP contribution in [0, 0.1) is 13.8 Å². The number of carbonyl (C=O) groups is 2. The van der Waals surface area contributed by atoms with Crippen LogP contribution < -0.4 is 20.4 Å². The van der Waals surface area contributed by atoms with Crippen LogP contribution in [-0.4, -0.2) is 56.6 Å². The number of nitrogens with one attached hydrogen (secondary N) is 4. The summed E-state index contributed by atoms with van der Waals surface area (Å²) < 4.78 is 0. The standard InChI is InChI=1S/C21H34N4O2/c1-16-8-6-9-18(17(16)2)22-19(26)14-24-10-7-11-25(13-12-24)15-20(27)23-21(3,4)5/h6,8-9H,7,10-15H2,1-5H3,(H,22,26)(H,23,27)/p+2. The molecule has 1 fully saturated rings. The van der Waals surface area contributed by atoms with Gasteiger partial charge in [-0.05, 0) is 51.8 Å². The summed E-state index contributed by atoms with van der Waals surface area (Å²) in [6.45, 7) is 14.9. The number of amides is 2. The Morgan fingerprint density at radius 3 is 2.15 bits per heavy atom. The van der Waals surface area contributed by atoms with Crippen LogP contribution in [0.1, 0.15) is 38.3 Å². The quantitative estimate of drug-likeness (QED) is 0.551. The van der Waals surface area contributed by atoms with Crippen molar-refractivity contribution in [3.8, 4) is 0 Å². The van der Waals surface area contributed by atoms with Crippen molar-refractivity contribution in [2.24, 2.45) is 0 Å². The van der Waals surface area contributed by atoms with E-state index in [2.05, 4.69) is 23.6 Å². The van der Waals surface area contributed by atoms with Crippen LogP contribution in [0.4, 0.5) is 5.69 Å². The first kappa shape index (κ1) is 21.4. The summed E-state index contributed by atoms with van der Waals surface area (Å²) in [5.74, 6) is 0.168. The van der Waals surface area contributed by atoms with E-state index in [1.165, 1.54) is 15.4 Å². The van der Waals surface area contributed by atoms with Gasteiger partial charge < -0.3 is 20.4 Å². The molecule has 1 aliphatic rings. The van der Waals surface area contributed by atoms with Gasteiger partial charge in [0, 0.05) is 17.6 Å². The molecule has 0 radical (unpaired) electrons. The van der Waals surface area contributed by atoms with Gasteiger partial charge in [0.15, 0.2) is 13.1 Å². The minimum absolute atomic E-state index is 0.0626. The Kier molecular flexibility index (Phi) is 7.39. The van der Waals surface area contributed by atoms with Gasteiger partial charge in [-0.15, -0.1) is 0 Å². The molecule has 1 aromatic carbocycles. The molecule has 6 heteroatoms. The fourth-order valence-electron chi connectivity index (χ4n) is 3.54. The molecule has 2 rings (SSSR count). The van der Waals surface area contributed by atoms with Gasteiger partial charge in [-0.1, -0.05) is 12.1 Å². The largest absolute Gasteiger partial charge is 0.347 e. The van der Waals surface area contributed by atoms with Crippen molar-refractivity contribution >= 4 is 17.5 Å². The summed E-state index contributed by atoms with van der Waals surface area (Å²) in [6, 6.07) is 5.98. The van der Waals surface area contributed by atoms with Crippen LogP contribution in [0.5, 0.6) is 0 Å². The van der Waals surface area contributed by atoms with E-state index in [0.29, 0.717) is 13.1 Å². The van der Waals surface area contributed by atoms with E-state index in [1.807, 2.05) is 39.8 Å². The number of carbonyl (C=O) groups excluding carboxylic acids is 2. The maximum Gasteiger partial charge on any atom is 0.279 e. The number of quaternary nitrogens is 2. The lowest BCUT2D eigenvalue weighted by atomic mass is 10.1. The zero-order valence-corrected chi connectivity index (χ0v) is 17.5. The van der Waals surface area contributed by atoms with Crippen molar-refractivity contribution in [1.82, 2.24) is 5.32 Å². The summed E-state index contributed by atoms with van der Waals surface area (Å²) in [7, 11) is 0. The van der Waals surface area contributed by atoms with Gasteiger partial charge in [-0.3, -0.25) is 9.59 Å². The number of aryl methyl sites for hydroxylation is 1. The van der Waals surface area contributed by atoms with E-state index in [9.17, 15) is 9.59 Å². The first-order valence-corrected chi connectivity index (χ1v) is 9.98. The Bertz CT molecular complexity index is 667. The van der Waals surface area contributed by atoms with Crippen LogP contribution in [0.2, 0.25) is 0 Å².